The van der Waals surface area contributed by atoms with Gasteiger partial charge in [0.05, 0.1) is 6.54 Å². The van der Waals surface area contributed by atoms with Crippen LogP contribution in [0.5, 0.6) is 0 Å². The van der Waals surface area contributed by atoms with Crippen molar-refractivity contribution in [1.29, 1.82) is 0 Å². The van der Waals surface area contributed by atoms with Crippen molar-refractivity contribution in [1.82, 2.24) is 5.32 Å². The van der Waals surface area contributed by atoms with Crippen molar-refractivity contribution < 1.29 is 4.42 Å². The van der Waals surface area contributed by atoms with Gasteiger partial charge in [0, 0.05) is 12.5 Å². The van der Waals surface area contributed by atoms with Gasteiger partial charge in [-0.1, -0.05) is 38.1 Å². The molecule has 2 heteroatoms. The SMILES string of the molecule is CCc1ccccc1CNCc1ccc(C2CC2C)o1. The van der Waals surface area contributed by atoms with Crippen LogP contribution in [0, 0.1) is 5.92 Å². The van der Waals surface area contributed by atoms with E-state index in [1.165, 1.54) is 23.3 Å². The fourth-order valence-corrected chi connectivity index (χ4v) is 2.80. The van der Waals surface area contributed by atoms with Gasteiger partial charge in [-0.2, -0.15) is 0 Å². The molecule has 2 unspecified atom stereocenters. The van der Waals surface area contributed by atoms with E-state index in [1.807, 2.05) is 0 Å². The van der Waals surface area contributed by atoms with Gasteiger partial charge in [0.1, 0.15) is 11.5 Å². The number of aryl methyl sites for hydroxylation is 1. The largest absolute Gasteiger partial charge is 0.464 e. The molecular weight excluding hydrogens is 246 g/mol. The van der Waals surface area contributed by atoms with Gasteiger partial charge < -0.3 is 9.73 Å². The lowest BCUT2D eigenvalue weighted by atomic mass is 10.1. The molecule has 0 saturated heterocycles. The summed E-state index contributed by atoms with van der Waals surface area (Å²) in [6.45, 7) is 6.19. The summed E-state index contributed by atoms with van der Waals surface area (Å²) >= 11 is 0. The summed E-state index contributed by atoms with van der Waals surface area (Å²) in [6.07, 6.45) is 2.37. The Morgan fingerprint density at radius 3 is 2.55 bits per heavy atom. The second-order valence-corrected chi connectivity index (χ2v) is 5.85. The fourth-order valence-electron chi connectivity index (χ4n) is 2.80. The zero-order chi connectivity index (χ0) is 13.9. The molecule has 3 rings (SSSR count). The Morgan fingerprint density at radius 2 is 1.85 bits per heavy atom. The molecule has 1 heterocycles. The number of hydrogen-bond acceptors (Lipinski definition) is 2. The Bertz CT molecular complexity index is 572. The summed E-state index contributed by atoms with van der Waals surface area (Å²) in [6, 6.07) is 12.9. The van der Waals surface area contributed by atoms with E-state index in [-0.39, 0.29) is 0 Å². The zero-order valence-electron chi connectivity index (χ0n) is 12.4. The van der Waals surface area contributed by atoms with E-state index in [0.717, 1.165) is 31.2 Å². The molecule has 1 N–H and O–H groups in total. The van der Waals surface area contributed by atoms with Gasteiger partial charge in [0.15, 0.2) is 0 Å². The smallest absolute Gasteiger partial charge is 0.117 e. The van der Waals surface area contributed by atoms with E-state index in [4.69, 9.17) is 4.42 Å². The molecule has 2 aromatic rings. The van der Waals surface area contributed by atoms with Crippen LogP contribution < -0.4 is 5.32 Å². The molecule has 1 fully saturated rings. The van der Waals surface area contributed by atoms with E-state index < -0.39 is 0 Å². The number of furan rings is 1. The monoisotopic (exact) mass is 269 g/mol. The third-order valence-corrected chi connectivity index (χ3v) is 4.27. The van der Waals surface area contributed by atoms with Crippen molar-refractivity contribution in [3.63, 3.8) is 0 Å². The summed E-state index contributed by atoms with van der Waals surface area (Å²) in [5.74, 6) is 3.69. The summed E-state index contributed by atoms with van der Waals surface area (Å²) in [5.41, 5.74) is 2.81. The standard InChI is InChI=1S/C18H23NO/c1-3-14-6-4-5-7-15(14)11-19-12-16-8-9-18(20-16)17-10-13(17)2/h4-9,13,17,19H,3,10-12H2,1-2H3. The van der Waals surface area contributed by atoms with Crippen LogP contribution in [0.15, 0.2) is 40.8 Å². The van der Waals surface area contributed by atoms with Crippen molar-refractivity contribution in [2.24, 2.45) is 5.92 Å². The average molecular weight is 269 g/mol. The van der Waals surface area contributed by atoms with Crippen molar-refractivity contribution >= 4 is 0 Å². The van der Waals surface area contributed by atoms with Crippen LogP contribution in [-0.2, 0) is 19.5 Å². The first-order chi connectivity index (χ1) is 9.78. The van der Waals surface area contributed by atoms with Gasteiger partial charge in [-0.15, -0.1) is 0 Å². The zero-order valence-corrected chi connectivity index (χ0v) is 12.4. The molecule has 1 aromatic carbocycles. The molecule has 1 aliphatic carbocycles. The molecule has 0 radical (unpaired) electrons. The van der Waals surface area contributed by atoms with Crippen LogP contribution in [0.2, 0.25) is 0 Å². The first-order valence-electron chi connectivity index (χ1n) is 7.64. The lowest BCUT2D eigenvalue weighted by Gasteiger charge is -2.08. The van der Waals surface area contributed by atoms with E-state index >= 15 is 0 Å². The van der Waals surface area contributed by atoms with Crippen molar-refractivity contribution in [3.8, 4) is 0 Å². The van der Waals surface area contributed by atoms with Gasteiger partial charge in [-0.25, -0.2) is 0 Å². The van der Waals surface area contributed by atoms with Crippen molar-refractivity contribution in [2.45, 2.75) is 45.7 Å². The molecule has 0 spiro atoms. The van der Waals surface area contributed by atoms with Crippen LogP contribution in [0.25, 0.3) is 0 Å². The summed E-state index contributed by atoms with van der Waals surface area (Å²) in [4.78, 5) is 0. The van der Waals surface area contributed by atoms with Crippen LogP contribution in [0.1, 0.15) is 48.8 Å². The predicted octanol–water partition coefficient (Wildman–Crippen LogP) is 4.26. The highest BCUT2D eigenvalue weighted by atomic mass is 16.3. The highest BCUT2D eigenvalue weighted by Gasteiger charge is 2.36. The van der Waals surface area contributed by atoms with E-state index in [0.29, 0.717) is 5.92 Å². The minimum atomic E-state index is 0.671. The molecule has 106 valence electrons. The molecule has 1 saturated carbocycles. The Balaban J connectivity index is 1.53. The van der Waals surface area contributed by atoms with Gasteiger partial charge in [-0.05, 0) is 42.0 Å². The van der Waals surface area contributed by atoms with E-state index in [1.54, 1.807) is 0 Å². The number of rotatable bonds is 6. The number of nitrogens with one attached hydrogen (secondary N) is 1. The highest BCUT2D eigenvalue weighted by Crippen LogP contribution is 2.47. The lowest BCUT2D eigenvalue weighted by molar-refractivity contribution is 0.444. The van der Waals surface area contributed by atoms with Crippen molar-refractivity contribution in [3.05, 3.63) is 59.0 Å². The lowest BCUT2D eigenvalue weighted by Crippen LogP contribution is -2.13. The Kier molecular flexibility index (Phi) is 3.93. The maximum absolute atomic E-state index is 5.91. The second kappa shape index (κ2) is 5.84. The maximum atomic E-state index is 5.91. The normalized spacial score (nSPS) is 21.1. The molecule has 1 aliphatic rings. The quantitative estimate of drug-likeness (QED) is 0.848. The minimum absolute atomic E-state index is 0.671. The maximum Gasteiger partial charge on any atom is 0.117 e. The van der Waals surface area contributed by atoms with Gasteiger partial charge in [0.25, 0.3) is 0 Å². The third-order valence-electron chi connectivity index (χ3n) is 4.27. The molecule has 0 amide bonds. The molecule has 0 aliphatic heterocycles. The minimum Gasteiger partial charge on any atom is -0.464 e. The summed E-state index contributed by atoms with van der Waals surface area (Å²) in [5, 5.41) is 3.48. The van der Waals surface area contributed by atoms with Gasteiger partial charge in [0.2, 0.25) is 0 Å². The molecule has 1 aromatic heterocycles. The Morgan fingerprint density at radius 1 is 1.10 bits per heavy atom. The predicted molar refractivity (Wildman–Crippen MR) is 81.6 cm³/mol. The summed E-state index contributed by atoms with van der Waals surface area (Å²) in [7, 11) is 0. The van der Waals surface area contributed by atoms with E-state index in [9.17, 15) is 0 Å². The Hall–Kier alpha value is -1.54. The average Bonchev–Trinajstić information content (AvgIpc) is 3.01. The summed E-state index contributed by atoms with van der Waals surface area (Å²) < 4.78 is 5.91. The Labute approximate surface area is 121 Å². The van der Waals surface area contributed by atoms with Crippen LogP contribution in [0.4, 0.5) is 0 Å². The fraction of sp³-hybridized carbons (Fsp3) is 0.444. The van der Waals surface area contributed by atoms with Gasteiger partial charge in [-0.3, -0.25) is 0 Å². The second-order valence-electron chi connectivity index (χ2n) is 5.85. The first-order valence-corrected chi connectivity index (χ1v) is 7.64. The van der Waals surface area contributed by atoms with Crippen LogP contribution >= 0.6 is 0 Å². The molecule has 0 bridgehead atoms. The third kappa shape index (κ3) is 2.96. The number of hydrogen-bond donors (Lipinski definition) is 1. The first kappa shape index (κ1) is 13.4. The molecular formula is C18H23NO. The van der Waals surface area contributed by atoms with E-state index in [2.05, 4.69) is 55.6 Å². The molecule has 20 heavy (non-hydrogen) atoms. The highest BCUT2D eigenvalue weighted by molar-refractivity contribution is 5.27. The molecule has 2 nitrogen and oxygen atoms in total. The van der Waals surface area contributed by atoms with Gasteiger partial charge >= 0.3 is 0 Å². The van der Waals surface area contributed by atoms with Crippen LogP contribution in [-0.4, -0.2) is 0 Å². The van der Waals surface area contributed by atoms with Crippen LogP contribution in [0.3, 0.4) is 0 Å². The topological polar surface area (TPSA) is 25.2 Å². The molecule has 2 atom stereocenters. The van der Waals surface area contributed by atoms with Crippen molar-refractivity contribution in [2.75, 3.05) is 0 Å². The number of benzene rings is 1.